The second-order valence-electron chi connectivity index (χ2n) is 3.83. The minimum Gasteiger partial charge on any atom is -0.394 e. The van der Waals surface area contributed by atoms with Gasteiger partial charge in [0.25, 0.3) is 0 Å². The molecule has 0 aliphatic rings. The molecule has 0 aromatic carbocycles. The van der Waals surface area contributed by atoms with Crippen molar-refractivity contribution in [3.8, 4) is 0 Å². The van der Waals surface area contributed by atoms with Gasteiger partial charge in [-0.2, -0.15) is 0 Å². The molecule has 3 heteroatoms. The van der Waals surface area contributed by atoms with E-state index in [9.17, 15) is 0 Å². The summed E-state index contributed by atoms with van der Waals surface area (Å²) in [7, 11) is 0. The zero-order valence-corrected chi connectivity index (χ0v) is 11.1. The second kappa shape index (κ2) is 20.3. The van der Waals surface area contributed by atoms with Crippen LogP contribution in [0.15, 0.2) is 0 Å². The van der Waals surface area contributed by atoms with Crippen molar-refractivity contribution in [2.45, 2.75) is 58.8 Å². The standard InChI is InChI=1S/C11H24O.C2H6O2/c1-3-5-7-9-11-12-10-8-6-4-2;3-1-2-4/h3-11H2,1-2H3;3-4H,1-2H2. The van der Waals surface area contributed by atoms with Crippen LogP contribution in [0, 0.1) is 0 Å². The molecule has 0 saturated carbocycles. The molecular formula is C13H30O3. The lowest BCUT2D eigenvalue weighted by Crippen LogP contribution is -1.96. The van der Waals surface area contributed by atoms with Crippen LogP contribution in [0.25, 0.3) is 0 Å². The Kier molecular flexibility index (Phi) is 23.2. The van der Waals surface area contributed by atoms with Crippen molar-refractivity contribution >= 4 is 0 Å². The number of aliphatic hydroxyl groups is 2. The Morgan fingerprint density at radius 3 is 1.56 bits per heavy atom. The van der Waals surface area contributed by atoms with Crippen LogP contribution >= 0.6 is 0 Å². The summed E-state index contributed by atoms with van der Waals surface area (Å²) >= 11 is 0. The van der Waals surface area contributed by atoms with Crippen molar-refractivity contribution in [1.82, 2.24) is 0 Å². The lowest BCUT2D eigenvalue weighted by Gasteiger charge is -2.02. The van der Waals surface area contributed by atoms with Crippen LogP contribution in [-0.2, 0) is 4.74 Å². The first-order valence-electron chi connectivity index (χ1n) is 6.62. The van der Waals surface area contributed by atoms with E-state index < -0.39 is 0 Å². The van der Waals surface area contributed by atoms with E-state index in [2.05, 4.69) is 13.8 Å². The van der Waals surface area contributed by atoms with Crippen LogP contribution in [0.1, 0.15) is 58.8 Å². The molecule has 0 aliphatic carbocycles. The zero-order chi connectivity index (χ0) is 12.5. The van der Waals surface area contributed by atoms with Gasteiger partial charge in [-0.25, -0.2) is 0 Å². The lowest BCUT2D eigenvalue weighted by molar-refractivity contribution is 0.126. The third-order valence-corrected chi connectivity index (χ3v) is 2.13. The number of unbranched alkanes of at least 4 members (excludes halogenated alkanes) is 5. The Bertz CT molecular complexity index is 85.2. The topological polar surface area (TPSA) is 49.7 Å². The van der Waals surface area contributed by atoms with Gasteiger partial charge in [0.2, 0.25) is 0 Å². The number of hydrogen-bond donors (Lipinski definition) is 2. The van der Waals surface area contributed by atoms with E-state index in [4.69, 9.17) is 14.9 Å². The predicted octanol–water partition coefficient (Wildman–Crippen LogP) is 2.74. The highest BCUT2D eigenvalue weighted by Crippen LogP contribution is 2.00. The largest absolute Gasteiger partial charge is 0.394 e. The van der Waals surface area contributed by atoms with E-state index in [1.165, 1.54) is 44.9 Å². The third-order valence-electron chi connectivity index (χ3n) is 2.13. The van der Waals surface area contributed by atoms with Gasteiger partial charge in [0.15, 0.2) is 0 Å². The maximum Gasteiger partial charge on any atom is 0.0662 e. The molecule has 0 spiro atoms. The van der Waals surface area contributed by atoms with Crippen LogP contribution in [0.4, 0.5) is 0 Å². The van der Waals surface area contributed by atoms with Gasteiger partial charge in [-0.05, 0) is 12.8 Å². The number of aliphatic hydroxyl groups excluding tert-OH is 2. The summed E-state index contributed by atoms with van der Waals surface area (Å²) in [6.45, 7) is 6.16. The quantitative estimate of drug-likeness (QED) is 0.571. The summed E-state index contributed by atoms with van der Waals surface area (Å²) in [6.07, 6.45) is 9.11. The Morgan fingerprint density at radius 2 is 1.12 bits per heavy atom. The highest BCUT2D eigenvalue weighted by atomic mass is 16.5. The third kappa shape index (κ3) is 23.6. The van der Waals surface area contributed by atoms with Gasteiger partial charge in [0.1, 0.15) is 0 Å². The van der Waals surface area contributed by atoms with Crippen LogP contribution < -0.4 is 0 Å². The summed E-state index contributed by atoms with van der Waals surface area (Å²) in [5, 5.41) is 15.2. The molecule has 0 fully saturated rings. The van der Waals surface area contributed by atoms with Gasteiger partial charge in [-0.3, -0.25) is 0 Å². The second-order valence-corrected chi connectivity index (χ2v) is 3.83. The van der Waals surface area contributed by atoms with Crippen LogP contribution in [0.5, 0.6) is 0 Å². The van der Waals surface area contributed by atoms with Crippen molar-refractivity contribution in [3.05, 3.63) is 0 Å². The molecule has 0 heterocycles. The van der Waals surface area contributed by atoms with E-state index >= 15 is 0 Å². The summed E-state index contributed by atoms with van der Waals surface area (Å²) in [5.74, 6) is 0. The first kappa shape index (κ1) is 18.3. The molecule has 0 bridgehead atoms. The zero-order valence-electron chi connectivity index (χ0n) is 11.1. The number of hydrogen-bond acceptors (Lipinski definition) is 3. The van der Waals surface area contributed by atoms with Crippen molar-refractivity contribution in [2.75, 3.05) is 26.4 Å². The summed E-state index contributed by atoms with van der Waals surface area (Å²) < 4.78 is 5.48. The van der Waals surface area contributed by atoms with Gasteiger partial charge >= 0.3 is 0 Å². The van der Waals surface area contributed by atoms with Gasteiger partial charge in [0.05, 0.1) is 13.2 Å². The Balaban J connectivity index is 0. The van der Waals surface area contributed by atoms with Crippen LogP contribution in [-0.4, -0.2) is 36.6 Å². The molecule has 0 radical (unpaired) electrons. The minimum absolute atomic E-state index is 0.125. The minimum atomic E-state index is -0.125. The molecule has 0 amide bonds. The molecule has 0 aromatic rings. The van der Waals surface area contributed by atoms with E-state index in [1.54, 1.807) is 0 Å². The van der Waals surface area contributed by atoms with E-state index in [0.717, 1.165) is 13.2 Å². The molecule has 3 nitrogen and oxygen atoms in total. The summed E-state index contributed by atoms with van der Waals surface area (Å²) in [6, 6.07) is 0. The highest BCUT2D eigenvalue weighted by Gasteiger charge is 1.89. The van der Waals surface area contributed by atoms with E-state index in [1.807, 2.05) is 0 Å². The molecule has 0 atom stereocenters. The molecule has 0 unspecified atom stereocenters. The summed E-state index contributed by atoms with van der Waals surface area (Å²) in [4.78, 5) is 0. The molecule has 16 heavy (non-hydrogen) atoms. The first-order valence-corrected chi connectivity index (χ1v) is 6.62. The average Bonchev–Trinajstić information content (AvgIpc) is 2.33. The van der Waals surface area contributed by atoms with Gasteiger partial charge in [-0.15, -0.1) is 0 Å². The van der Waals surface area contributed by atoms with Crippen molar-refractivity contribution < 1.29 is 14.9 Å². The van der Waals surface area contributed by atoms with Gasteiger partial charge in [-0.1, -0.05) is 46.0 Å². The molecule has 0 aliphatic heterocycles. The Morgan fingerprint density at radius 1 is 0.688 bits per heavy atom. The lowest BCUT2D eigenvalue weighted by atomic mass is 10.2. The van der Waals surface area contributed by atoms with Gasteiger partial charge in [0, 0.05) is 13.2 Å². The van der Waals surface area contributed by atoms with Crippen molar-refractivity contribution in [1.29, 1.82) is 0 Å². The van der Waals surface area contributed by atoms with Gasteiger partial charge < -0.3 is 14.9 Å². The number of ether oxygens (including phenoxy) is 1. The number of rotatable bonds is 10. The summed E-state index contributed by atoms with van der Waals surface area (Å²) in [5.41, 5.74) is 0. The highest BCUT2D eigenvalue weighted by molar-refractivity contribution is 4.40. The van der Waals surface area contributed by atoms with Crippen LogP contribution in [0.3, 0.4) is 0 Å². The molecule has 2 N–H and O–H groups in total. The Hall–Kier alpha value is -0.120. The Labute approximate surface area is 101 Å². The SMILES string of the molecule is CCCCCCOCCCCC.OCCO. The fraction of sp³-hybridized carbons (Fsp3) is 1.00. The average molecular weight is 234 g/mol. The normalized spacial score (nSPS) is 9.75. The smallest absolute Gasteiger partial charge is 0.0662 e. The van der Waals surface area contributed by atoms with E-state index in [0.29, 0.717) is 0 Å². The first-order chi connectivity index (χ1) is 7.83. The fourth-order valence-corrected chi connectivity index (χ4v) is 1.19. The monoisotopic (exact) mass is 234 g/mol. The van der Waals surface area contributed by atoms with Crippen molar-refractivity contribution in [2.24, 2.45) is 0 Å². The molecule has 0 aromatic heterocycles. The molecule has 100 valence electrons. The fourth-order valence-electron chi connectivity index (χ4n) is 1.19. The van der Waals surface area contributed by atoms with E-state index in [-0.39, 0.29) is 13.2 Å². The maximum absolute atomic E-state index is 7.62. The van der Waals surface area contributed by atoms with Crippen LogP contribution in [0.2, 0.25) is 0 Å². The maximum atomic E-state index is 7.62. The van der Waals surface area contributed by atoms with Crippen molar-refractivity contribution in [3.63, 3.8) is 0 Å². The molecule has 0 rings (SSSR count). The molecule has 0 saturated heterocycles. The molecular weight excluding hydrogens is 204 g/mol. The predicted molar refractivity (Wildman–Crippen MR) is 68.7 cm³/mol.